The van der Waals surface area contributed by atoms with Gasteiger partial charge in [-0.1, -0.05) is 11.2 Å². The number of oxime groups is 1. The predicted octanol–water partition coefficient (Wildman–Crippen LogP) is 4.66. The number of hydrogen-bond donors (Lipinski definition) is 1. The van der Waals surface area contributed by atoms with E-state index in [0.717, 1.165) is 33.9 Å². The van der Waals surface area contributed by atoms with Crippen LogP contribution in [-0.2, 0) is 16.2 Å². The van der Waals surface area contributed by atoms with Gasteiger partial charge in [-0.15, -0.1) is 0 Å². The Bertz CT molecular complexity index is 1260. The lowest BCUT2D eigenvalue weighted by atomic mass is 10.0. The van der Waals surface area contributed by atoms with Crippen molar-refractivity contribution in [3.8, 4) is 0 Å². The van der Waals surface area contributed by atoms with Gasteiger partial charge in [0.15, 0.2) is 0 Å². The third kappa shape index (κ3) is 3.33. The smallest absolute Gasteiger partial charge is 0.331 e. The summed E-state index contributed by atoms with van der Waals surface area (Å²) in [5.74, 6) is -0.501. The van der Waals surface area contributed by atoms with Crippen LogP contribution in [0.25, 0.3) is 21.8 Å². The third-order valence-corrected chi connectivity index (χ3v) is 5.01. The molecule has 4 aromatic rings. The fourth-order valence-electron chi connectivity index (χ4n) is 3.62. The first-order chi connectivity index (χ1) is 14.0. The Kier molecular flexibility index (Phi) is 4.76. The van der Waals surface area contributed by atoms with E-state index in [4.69, 9.17) is 4.84 Å². The van der Waals surface area contributed by atoms with Crippen LogP contribution in [0.1, 0.15) is 42.4 Å². The summed E-state index contributed by atoms with van der Waals surface area (Å²) >= 11 is 0. The van der Waals surface area contributed by atoms with Crippen molar-refractivity contribution in [2.24, 2.45) is 5.16 Å². The summed E-state index contributed by atoms with van der Waals surface area (Å²) in [7, 11) is 0. The van der Waals surface area contributed by atoms with E-state index in [-0.39, 0.29) is 5.78 Å². The van der Waals surface area contributed by atoms with Gasteiger partial charge in [0.1, 0.15) is 0 Å². The van der Waals surface area contributed by atoms with Crippen LogP contribution < -0.4 is 0 Å². The molecule has 0 saturated carbocycles. The number of rotatable bonds is 5. The molecule has 4 rings (SSSR count). The minimum atomic E-state index is -0.458. The minimum absolute atomic E-state index is 0.0435. The van der Waals surface area contributed by atoms with E-state index in [1.54, 1.807) is 19.2 Å². The van der Waals surface area contributed by atoms with Crippen LogP contribution in [0.5, 0.6) is 0 Å². The molecule has 0 radical (unpaired) electrons. The fraction of sp³-hybridized carbons (Fsp3) is 0.174. The molecule has 1 N–H and O–H groups in total. The summed E-state index contributed by atoms with van der Waals surface area (Å²) in [6, 6.07) is 15.4. The molecule has 0 unspecified atom stereocenters. The van der Waals surface area contributed by atoms with Crippen molar-refractivity contribution in [1.29, 1.82) is 0 Å². The zero-order chi connectivity index (χ0) is 20.5. The number of carbonyl (C=O) groups is 2. The molecule has 0 bridgehead atoms. The molecule has 2 aromatic heterocycles. The number of aryl methyl sites for hydroxylation is 1. The van der Waals surface area contributed by atoms with Gasteiger partial charge < -0.3 is 14.4 Å². The standard InChI is InChI=1S/C23H21N3O3/c1-4-26-21-9-7-16(14(2)25-29-15(3)27)12-18(21)19-13-17(8-10-22(19)26)23(28)20-6-5-11-24-20/h5-13,24H,4H2,1-3H3. The Labute approximate surface area is 167 Å². The largest absolute Gasteiger partial charge is 0.359 e. The average Bonchev–Trinajstić information content (AvgIpc) is 3.36. The number of H-pyrrole nitrogens is 1. The number of ketones is 1. The molecule has 0 aliphatic rings. The van der Waals surface area contributed by atoms with E-state index in [1.165, 1.54) is 6.92 Å². The molecule has 2 heterocycles. The highest BCUT2D eigenvalue weighted by atomic mass is 16.7. The van der Waals surface area contributed by atoms with E-state index >= 15 is 0 Å². The number of benzene rings is 2. The van der Waals surface area contributed by atoms with Crippen LogP contribution >= 0.6 is 0 Å². The second-order valence-electron chi connectivity index (χ2n) is 6.88. The highest BCUT2D eigenvalue weighted by Crippen LogP contribution is 2.31. The quantitative estimate of drug-likeness (QED) is 0.234. The first-order valence-electron chi connectivity index (χ1n) is 9.46. The zero-order valence-corrected chi connectivity index (χ0v) is 16.5. The van der Waals surface area contributed by atoms with Gasteiger partial charge in [0.05, 0.1) is 11.4 Å². The molecule has 0 aliphatic heterocycles. The summed E-state index contributed by atoms with van der Waals surface area (Å²) < 4.78 is 2.22. The molecule has 6 nitrogen and oxygen atoms in total. The number of hydrogen-bond acceptors (Lipinski definition) is 4. The van der Waals surface area contributed by atoms with Gasteiger partial charge in [0.25, 0.3) is 0 Å². The monoisotopic (exact) mass is 387 g/mol. The Hall–Kier alpha value is -3.67. The van der Waals surface area contributed by atoms with Gasteiger partial charge in [-0.2, -0.15) is 0 Å². The minimum Gasteiger partial charge on any atom is -0.359 e. The maximum absolute atomic E-state index is 12.8. The molecule has 0 aliphatic carbocycles. The van der Waals surface area contributed by atoms with Crippen molar-refractivity contribution in [1.82, 2.24) is 9.55 Å². The van der Waals surface area contributed by atoms with Crippen LogP contribution in [0.3, 0.4) is 0 Å². The molecule has 146 valence electrons. The topological polar surface area (TPSA) is 76.4 Å². The number of aromatic amines is 1. The highest BCUT2D eigenvalue weighted by Gasteiger charge is 2.15. The first kappa shape index (κ1) is 18.7. The summed E-state index contributed by atoms with van der Waals surface area (Å²) in [6.45, 7) is 6.02. The summed E-state index contributed by atoms with van der Waals surface area (Å²) in [6.07, 6.45) is 1.74. The van der Waals surface area contributed by atoms with E-state index in [9.17, 15) is 9.59 Å². The van der Waals surface area contributed by atoms with Crippen LogP contribution in [0.4, 0.5) is 0 Å². The molecular formula is C23H21N3O3. The Balaban J connectivity index is 1.89. The number of nitrogens with one attached hydrogen (secondary N) is 1. The average molecular weight is 387 g/mol. The van der Waals surface area contributed by atoms with Crippen LogP contribution in [0, 0.1) is 0 Å². The molecule has 0 atom stereocenters. The predicted molar refractivity (Wildman–Crippen MR) is 113 cm³/mol. The van der Waals surface area contributed by atoms with Crippen LogP contribution in [-0.4, -0.2) is 27.0 Å². The lowest BCUT2D eigenvalue weighted by Gasteiger charge is -2.04. The first-order valence-corrected chi connectivity index (χ1v) is 9.46. The second-order valence-corrected chi connectivity index (χ2v) is 6.88. The van der Waals surface area contributed by atoms with Gasteiger partial charge in [0.2, 0.25) is 5.78 Å². The molecule has 0 spiro atoms. The second kappa shape index (κ2) is 7.39. The highest BCUT2D eigenvalue weighted by molar-refractivity contribution is 6.15. The van der Waals surface area contributed by atoms with Crippen LogP contribution in [0.2, 0.25) is 0 Å². The van der Waals surface area contributed by atoms with Gasteiger partial charge >= 0.3 is 5.97 Å². The normalized spacial score (nSPS) is 11.9. The summed E-state index contributed by atoms with van der Waals surface area (Å²) in [4.78, 5) is 31.6. The number of nitrogens with zero attached hydrogens (tertiary/aromatic N) is 2. The van der Waals surface area contributed by atoms with Gasteiger partial charge in [-0.3, -0.25) is 4.79 Å². The van der Waals surface area contributed by atoms with Crippen molar-refractivity contribution in [2.75, 3.05) is 0 Å². The van der Waals surface area contributed by atoms with Crippen molar-refractivity contribution in [3.63, 3.8) is 0 Å². The van der Waals surface area contributed by atoms with E-state index < -0.39 is 5.97 Å². The van der Waals surface area contributed by atoms with Crippen LogP contribution in [0.15, 0.2) is 59.9 Å². The van der Waals surface area contributed by atoms with Crippen molar-refractivity contribution in [2.45, 2.75) is 27.3 Å². The zero-order valence-electron chi connectivity index (χ0n) is 16.5. The molecule has 2 aromatic carbocycles. The van der Waals surface area contributed by atoms with Gasteiger partial charge in [-0.25, -0.2) is 4.79 Å². The fourth-order valence-corrected chi connectivity index (χ4v) is 3.62. The Morgan fingerprint density at radius 3 is 2.24 bits per heavy atom. The van der Waals surface area contributed by atoms with E-state index in [2.05, 4.69) is 21.6 Å². The molecular weight excluding hydrogens is 366 g/mol. The Morgan fingerprint density at radius 1 is 1.00 bits per heavy atom. The molecule has 0 amide bonds. The van der Waals surface area contributed by atoms with Crippen molar-refractivity contribution >= 4 is 39.3 Å². The van der Waals surface area contributed by atoms with Gasteiger partial charge in [0, 0.05) is 47.0 Å². The lowest BCUT2D eigenvalue weighted by molar-refractivity contribution is -0.140. The van der Waals surface area contributed by atoms with Crippen molar-refractivity contribution < 1.29 is 14.4 Å². The van der Waals surface area contributed by atoms with Gasteiger partial charge in [-0.05, 0) is 61.9 Å². The number of carbonyl (C=O) groups excluding carboxylic acids is 2. The summed E-state index contributed by atoms with van der Waals surface area (Å²) in [5, 5.41) is 5.92. The molecule has 0 saturated heterocycles. The lowest BCUT2D eigenvalue weighted by Crippen LogP contribution is -2.01. The summed E-state index contributed by atoms with van der Waals surface area (Å²) in [5.41, 5.74) is 4.81. The molecule has 0 fully saturated rings. The Morgan fingerprint density at radius 2 is 1.66 bits per heavy atom. The van der Waals surface area contributed by atoms with Crippen molar-refractivity contribution in [3.05, 3.63) is 71.5 Å². The molecule has 29 heavy (non-hydrogen) atoms. The third-order valence-electron chi connectivity index (χ3n) is 5.01. The maximum atomic E-state index is 12.8. The number of fused-ring (bicyclic) bond motifs is 3. The van der Waals surface area contributed by atoms with E-state index in [0.29, 0.717) is 17.0 Å². The maximum Gasteiger partial charge on any atom is 0.331 e. The molecule has 6 heteroatoms. The SMILES string of the molecule is CCn1c2ccc(C(=O)c3ccc[nH]3)cc2c2cc(C(C)=NOC(C)=O)ccc21. The van der Waals surface area contributed by atoms with E-state index in [1.807, 2.05) is 42.5 Å². The number of aromatic nitrogens is 2.